The molecule has 2 N–H and O–H groups in total. The highest BCUT2D eigenvalue weighted by molar-refractivity contribution is 5.37. The van der Waals surface area contributed by atoms with Gasteiger partial charge in [-0.2, -0.15) is 13.2 Å². The lowest BCUT2D eigenvalue weighted by atomic mass is 9.92. The van der Waals surface area contributed by atoms with Gasteiger partial charge in [0.2, 0.25) is 0 Å². The third-order valence-corrected chi connectivity index (χ3v) is 3.65. The summed E-state index contributed by atoms with van der Waals surface area (Å²) in [6.45, 7) is 3.99. The van der Waals surface area contributed by atoms with Crippen molar-refractivity contribution in [1.82, 2.24) is 0 Å². The quantitative estimate of drug-likeness (QED) is 0.881. The van der Waals surface area contributed by atoms with E-state index >= 15 is 0 Å². The second-order valence-electron chi connectivity index (χ2n) is 5.31. The second kappa shape index (κ2) is 5.90. The third kappa shape index (κ3) is 3.64. The summed E-state index contributed by atoms with van der Waals surface area (Å²) in [5.41, 5.74) is 9.68. The molecule has 0 aliphatic carbocycles. The summed E-state index contributed by atoms with van der Waals surface area (Å²) < 4.78 is 37.6. The molecule has 2 rings (SSSR count). The number of nitrogens with two attached hydrogens (primary N) is 1. The molecule has 4 heteroatoms. The van der Waals surface area contributed by atoms with Crippen molar-refractivity contribution < 1.29 is 13.2 Å². The molecule has 0 aliphatic rings. The fraction of sp³-hybridized carbons (Fsp3) is 0.294. The number of hydrogen-bond acceptors (Lipinski definition) is 1. The molecule has 1 atom stereocenters. The first kappa shape index (κ1) is 15.6. The van der Waals surface area contributed by atoms with Crippen LogP contribution in [0.5, 0.6) is 0 Å². The molecule has 0 fully saturated rings. The number of alkyl halides is 3. The standard InChI is InChI=1S/C17H18F3N/c1-11-4-3-5-12(2)16(11)15(21)10-13-6-8-14(9-7-13)17(18,19)20/h3-9,15H,10,21H2,1-2H3. The van der Waals surface area contributed by atoms with Crippen molar-refractivity contribution in [2.45, 2.75) is 32.5 Å². The maximum atomic E-state index is 12.5. The van der Waals surface area contributed by atoms with Crippen LogP contribution in [0.1, 0.15) is 33.9 Å². The van der Waals surface area contributed by atoms with Gasteiger partial charge in [-0.05, 0) is 54.7 Å². The lowest BCUT2D eigenvalue weighted by Crippen LogP contribution is -2.16. The monoisotopic (exact) mass is 293 g/mol. The van der Waals surface area contributed by atoms with Gasteiger partial charge in [-0.25, -0.2) is 0 Å². The fourth-order valence-corrected chi connectivity index (χ4v) is 2.60. The zero-order valence-corrected chi connectivity index (χ0v) is 12.0. The van der Waals surface area contributed by atoms with Crippen molar-refractivity contribution >= 4 is 0 Å². The first-order valence-electron chi connectivity index (χ1n) is 6.77. The van der Waals surface area contributed by atoms with Crippen LogP contribution < -0.4 is 5.73 Å². The summed E-state index contributed by atoms with van der Waals surface area (Å²) in [7, 11) is 0. The van der Waals surface area contributed by atoms with Crippen molar-refractivity contribution in [3.05, 3.63) is 70.3 Å². The molecule has 0 saturated heterocycles. The van der Waals surface area contributed by atoms with Crippen LogP contribution in [-0.2, 0) is 12.6 Å². The van der Waals surface area contributed by atoms with Gasteiger partial charge >= 0.3 is 6.18 Å². The van der Waals surface area contributed by atoms with Crippen molar-refractivity contribution in [2.75, 3.05) is 0 Å². The molecule has 0 spiro atoms. The van der Waals surface area contributed by atoms with Crippen molar-refractivity contribution in [3.8, 4) is 0 Å². The molecule has 1 nitrogen and oxygen atoms in total. The fourth-order valence-electron chi connectivity index (χ4n) is 2.60. The molecule has 0 amide bonds. The largest absolute Gasteiger partial charge is 0.416 e. The molecule has 0 bridgehead atoms. The van der Waals surface area contributed by atoms with Crippen molar-refractivity contribution in [2.24, 2.45) is 5.73 Å². The van der Waals surface area contributed by atoms with E-state index in [4.69, 9.17) is 5.73 Å². The highest BCUT2D eigenvalue weighted by atomic mass is 19.4. The Hall–Kier alpha value is -1.81. The normalized spacial score (nSPS) is 13.2. The number of halogens is 3. The molecule has 2 aromatic carbocycles. The van der Waals surface area contributed by atoms with Crippen LogP contribution in [0.15, 0.2) is 42.5 Å². The van der Waals surface area contributed by atoms with Gasteiger partial charge in [-0.3, -0.25) is 0 Å². The van der Waals surface area contributed by atoms with E-state index in [1.165, 1.54) is 12.1 Å². The first-order valence-corrected chi connectivity index (χ1v) is 6.77. The molecular formula is C17H18F3N. The Morgan fingerprint density at radius 2 is 1.48 bits per heavy atom. The van der Waals surface area contributed by atoms with Gasteiger partial charge in [-0.15, -0.1) is 0 Å². The predicted octanol–water partition coefficient (Wildman–Crippen LogP) is 4.56. The van der Waals surface area contributed by atoms with Gasteiger partial charge < -0.3 is 5.73 Å². The maximum absolute atomic E-state index is 12.5. The van der Waals surface area contributed by atoms with Gasteiger partial charge in [0.1, 0.15) is 0 Å². The summed E-state index contributed by atoms with van der Waals surface area (Å²) in [5, 5.41) is 0. The molecule has 112 valence electrons. The minimum Gasteiger partial charge on any atom is -0.324 e. The highest BCUT2D eigenvalue weighted by Crippen LogP contribution is 2.30. The Kier molecular flexibility index (Phi) is 4.37. The average Bonchev–Trinajstić information content (AvgIpc) is 2.38. The van der Waals surface area contributed by atoms with E-state index in [9.17, 15) is 13.2 Å². The van der Waals surface area contributed by atoms with E-state index in [1.54, 1.807) is 0 Å². The smallest absolute Gasteiger partial charge is 0.324 e. The van der Waals surface area contributed by atoms with Gasteiger partial charge in [-0.1, -0.05) is 30.3 Å². The van der Waals surface area contributed by atoms with Gasteiger partial charge in [0.05, 0.1) is 5.56 Å². The number of benzene rings is 2. The van der Waals surface area contributed by atoms with Gasteiger partial charge in [0.15, 0.2) is 0 Å². The second-order valence-corrected chi connectivity index (χ2v) is 5.31. The summed E-state index contributed by atoms with van der Waals surface area (Å²) in [4.78, 5) is 0. The zero-order valence-electron chi connectivity index (χ0n) is 12.0. The predicted molar refractivity (Wildman–Crippen MR) is 78.0 cm³/mol. The molecule has 0 radical (unpaired) electrons. The van der Waals surface area contributed by atoms with Crippen molar-refractivity contribution in [1.29, 1.82) is 0 Å². The molecule has 0 heterocycles. The Balaban J connectivity index is 2.18. The Labute approximate surface area is 122 Å². The summed E-state index contributed by atoms with van der Waals surface area (Å²) >= 11 is 0. The van der Waals surface area contributed by atoms with E-state index in [1.807, 2.05) is 32.0 Å². The Morgan fingerprint density at radius 1 is 0.952 bits per heavy atom. The summed E-state index contributed by atoms with van der Waals surface area (Å²) in [5.74, 6) is 0. The van der Waals surface area contributed by atoms with Crippen LogP contribution in [0.25, 0.3) is 0 Å². The Morgan fingerprint density at radius 3 is 1.95 bits per heavy atom. The minimum absolute atomic E-state index is 0.220. The molecule has 0 aromatic heterocycles. The molecule has 1 unspecified atom stereocenters. The number of rotatable bonds is 3. The van der Waals surface area contributed by atoms with E-state index in [0.29, 0.717) is 6.42 Å². The summed E-state index contributed by atoms with van der Waals surface area (Å²) in [6, 6.07) is 10.9. The molecule has 21 heavy (non-hydrogen) atoms. The summed E-state index contributed by atoms with van der Waals surface area (Å²) in [6.07, 6.45) is -3.78. The molecule has 0 aliphatic heterocycles. The first-order chi connectivity index (χ1) is 9.79. The third-order valence-electron chi connectivity index (χ3n) is 3.65. The molecule has 0 saturated carbocycles. The van der Waals surface area contributed by atoms with E-state index < -0.39 is 11.7 Å². The Bertz CT molecular complexity index is 595. The minimum atomic E-state index is -4.30. The van der Waals surface area contributed by atoms with E-state index in [0.717, 1.165) is 34.4 Å². The SMILES string of the molecule is Cc1cccc(C)c1C(N)Cc1ccc(C(F)(F)F)cc1. The van der Waals surface area contributed by atoms with Gasteiger partial charge in [0, 0.05) is 6.04 Å². The van der Waals surface area contributed by atoms with E-state index in [-0.39, 0.29) is 6.04 Å². The average molecular weight is 293 g/mol. The topological polar surface area (TPSA) is 26.0 Å². The molecule has 2 aromatic rings. The van der Waals surface area contributed by atoms with Crippen LogP contribution in [0.2, 0.25) is 0 Å². The van der Waals surface area contributed by atoms with Crippen LogP contribution in [0, 0.1) is 13.8 Å². The highest BCUT2D eigenvalue weighted by Gasteiger charge is 2.30. The zero-order chi connectivity index (χ0) is 15.6. The lowest BCUT2D eigenvalue weighted by molar-refractivity contribution is -0.137. The van der Waals surface area contributed by atoms with E-state index in [2.05, 4.69) is 0 Å². The van der Waals surface area contributed by atoms with Crippen LogP contribution in [-0.4, -0.2) is 0 Å². The maximum Gasteiger partial charge on any atom is 0.416 e. The number of aryl methyl sites for hydroxylation is 2. The number of hydrogen-bond donors (Lipinski definition) is 1. The van der Waals surface area contributed by atoms with Crippen LogP contribution in [0.4, 0.5) is 13.2 Å². The van der Waals surface area contributed by atoms with Crippen LogP contribution in [0.3, 0.4) is 0 Å². The van der Waals surface area contributed by atoms with Crippen LogP contribution >= 0.6 is 0 Å². The van der Waals surface area contributed by atoms with Gasteiger partial charge in [0.25, 0.3) is 0 Å². The van der Waals surface area contributed by atoms with Crippen molar-refractivity contribution in [3.63, 3.8) is 0 Å². The molecular weight excluding hydrogens is 275 g/mol. The lowest BCUT2D eigenvalue weighted by Gasteiger charge is -2.18.